The van der Waals surface area contributed by atoms with Crippen LogP contribution in [0.25, 0.3) is 22.3 Å². The third-order valence-electron chi connectivity index (χ3n) is 2.17. The molecule has 0 aliphatic rings. The first-order valence-corrected chi connectivity index (χ1v) is 5.81. The molecule has 0 aliphatic carbocycles. The highest BCUT2D eigenvalue weighted by atomic mass is 32.1. The maximum absolute atomic E-state index is 5.20. The molecule has 0 saturated carbocycles. The van der Waals surface area contributed by atoms with Crippen LogP contribution >= 0.6 is 11.3 Å². The topological polar surface area (TPSA) is 64.7 Å². The lowest BCUT2D eigenvalue weighted by Crippen LogP contribution is -1.85. The maximum Gasteiger partial charge on any atom is 0.268 e. The fraction of sp³-hybridized carbons (Fsp3) is 0.0909. The summed E-state index contributed by atoms with van der Waals surface area (Å²) in [6.45, 7) is 2.04. The Kier molecular flexibility index (Phi) is 2.41. The molecular weight excluding hydrogens is 236 g/mol. The summed E-state index contributed by atoms with van der Waals surface area (Å²) in [6.07, 6.45) is 4.81. The van der Waals surface area contributed by atoms with Gasteiger partial charge >= 0.3 is 0 Å². The molecule has 5 nitrogen and oxygen atoms in total. The number of hydrogen-bond acceptors (Lipinski definition) is 6. The van der Waals surface area contributed by atoms with Gasteiger partial charge in [-0.05, 0) is 19.1 Å². The number of aryl methyl sites for hydroxylation is 1. The number of aromatic nitrogens is 4. The van der Waals surface area contributed by atoms with E-state index in [9.17, 15) is 0 Å². The van der Waals surface area contributed by atoms with Gasteiger partial charge < -0.3 is 4.52 Å². The Balaban J connectivity index is 1.99. The second-order valence-corrected chi connectivity index (χ2v) is 4.71. The van der Waals surface area contributed by atoms with Gasteiger partial charge in [0.1, 0.15) is 5.69 Å². The molecule has 0 unspecified atom stereocenters. The predicted molar refractivity (Wildman–Crippen MR) is 63.4 cm³/mol. The Morgan fingerprint density at radius 3 is 2.88 bits per heavy atom. The minimum absolute atomic E-state index is 0.458. The van der Waals surface area contributed by atoms with Crippen molar-refractivity contribution in [3.8, 4) is 22.3 Å². The van der Waals surface area contributed by atoms with Gasteiger partial charge in [0, 0.05) is 17.3 Å². The van der Waals surface area contributed by atoms with E-state index in [4.69, 9.17) is 4.52 Å². The highest BCUT2D eigenvalue weighted by Crippen LogP contribution is 2.27. The summed E-state index contributed by atoms with van der Waals surface area (Å²) >= 11 is 1.62. The monoisotopic (exact) mass is 244 g/mol. The highest BCUT2D eigenvalue weighted by molar-refractivity contribution is 7.15. The van der Waals surface area contributed by atoms with E-state index >= 15 is 0 Å². The van der Waals surface area contributed by atoms with Crippen LogP contribution in [0.2, 0.25) is 0 Å². The molecule has 0 aromatic carbocycles. The number of hydrogen-bond donors (Lipinski definition) is 0. The van der Waals surface area contributed by atoms with Crippen molar-refractivity contribution in [1.29, 1.82) is 0 Å². The molecule has 0 saturated heterocycles. The molecule has 17 heavy (non-hydrogen) atoms. The second-order valence-electron chi connectivity index (χ2n) is 3.42. The molecular formula is C11H8N4OS. The molecule has 0 radical (unpaired) electrons. The summed E-state index contributed by atoms with van der Waals surface area (Å²) < 4.78 is 5.20. The zero-order valence-corrected chi connectivity index (χ0v) is 9.81. The van der Waals surface area contributed by atoms with Crippen molar-refractivity contribution >= 4 is 11.3 Å². The smallest absolute Gasteiger partial charge is 0.268 e. The Labute approximate surface area is 101 Å². The van der Waals surface area contributed by atoms with Crippen LogP contribution < -0.4 is 0 Å². The van der Waals surface area contributed by atoms with Crippen molar-refractivity contribution in [3.05, 3.63) is 35.6 Å². The third kappa shape index (κ3) is 1.94. The molecule has 84 valence electrons. The van der Waals surface area contributed by atoms with Crippen LogP contribution in [0.15, 0.2) is 35.2 Å². The van der Waals surface area contributed by atoms with Crippen molar-refractivity contribution in [2.45, 2.75) is 6.92 Å². The predicted octanol–water partition coefficient (Wildman–Crippen LogP) is 2.56. The van der Waals surface area contributed by atoms with Gasteiger partial charge in [-0.25, -0.2) is 4.98 Å². The van der Waals surface area contributed by atoms with Crippen LogP contribution in [0.4, 0.5) is 0 Å². The van der Waals surface area contributed by atoms with Gasteiger partial charge in [0.05, 0.1) is 11.1 Å². The van der Waals surface area contributed by atoms with Gasteiger partial charge in [0.2, 0.25) is 5.82 Å². The Morgan fingerprint density at radius 1 is 1.24 bits per heavy atom. The summed E-state index contributed by atoms with van der Waals surface area (Å²) in [6, 6.07) is 3.99. The Hall–Kier alpha value is -2.08. The van der Waals surface area contributed by atoms with Gasteiger partial charge in [-0.15, -0.1) is 11.3 Å². The highest BCUT2D eigenvalue weighted by Gasteiger charge is 2.12. The van der Waals surface area contributed by atoms with Gasteiger partial charge in [0.15, 0.2) is 0 Å². The zero-order valence-electron chi connectivity index (χ0n) is 8.99. The first kappa shape index (κ1) is 10.1. The summed E-state index contributed by atoms with van der Waals surface area (Å²) in [4.78, 5) is 14.5. The average molecular weight is 244 g/mol. The Morgan fingerprint density at radius 2 is 2.18 bits per heavy atom. The SMILES string of the molecule is Cc1ccc(-c2nc(-c3cnccn3)no2)s1. The summed E-state index contributed by atoms with van der Waals surface area (Å²) in [5.74, 6) is 0.975. The Bertz CT molecular complexity index is 632. The van der Waals surface area contributed by atoms with E-state index < -0.39 is 0 Å². The normalized spacial score (nSPS) is 10.6. The molecule has 0 amide bonds. The molecule has 0 atom stereocenters. The standard InChI is InChI=1S/C11H8N4OS/c1-7-2-3-9(17-7)11-14-10(15-16-11)8-6-12-4-5-13-8/h2-6H,1H3. The first-order chi connectivity index (χ1) is 8.33. The molecule has 0 fully saturated rings. The van der Waals surface area contributed by atoms with E-state index in [-0.39, 0.29) is 0 Å². The van der Waals surface area contributed by atoms with Gasteiger partial charge in [-0.1, -0.05) is 5.16 Å². The van der Waals surface area contributed by atoms with Crippen LogP contribution in [0.5, 0.6) is 0 Å². The first-order valence-electron chi connectivity index (χ1n) is 5.00. The van der Waals surface area contributed by atoms with E-state index in [0.717, 1.165) is 4.88 Å². The molecule has 3 aromatic heterocycles. The maximum atomic E-state index is 5.20. The van der Waals surface area contributed by atoms with Crippen LogP contribution in [-0.4, -0.2) is 20.1 Å². The number of rotatable bonds is 2. The molecule has 0 N–H and O–H groups in total. The van der Waals surface area contributed by atoms with E-state index in [1.165, 1.54) is 4.88 Å². The molecule has 0 bridgehead atoms. The lowest BCUT2D eigenvalue weighted by molar-refractivity contribution is 0.433. The molecule has 0 spiro atoms. The van der Waals surface area contributed by atoms with E-state index in [0.29, 0.717) is 17.4 Å². The van der Waals surface area contributed by atoms with Crippen molar-refractivity contribution in [2.75, 3.05) is 0 Å². The minimum atomic E-state index is 0.458. The van der Waals surface area contributed by atoms with Crippen molar-refractivity contribution in [2.24, 2.45) is 0 Å². The molecule has 6 heteroatoms. The van der Waals surface area contributed by atoms with E-state index in [2.05, 4.69) is 20.1 Å². The van der Waals surface area contributed by atoms with Gasteiger partial charge in [-0.3, -0.25) is 4.98 Å². The molecule has 3 heterocycles. The average Bonchev–Trinajstić information content (AvgIpc) is 2.98. The number of nitrogens with zero attached hydrogens (tertiary/aromatic N) is 4. The summed E-state index contributed by atoms with van der Waals surface area (Å²) in [5.41, 5.74) is 0.607. The molecule has 3 rings (SSSR count). The van der Waals surface area contributed by atoms with Crippen molar-refractivity contribution in [1.82, 2.24) is 20.1 Å². The largest absolute Gasteiger partial charge is 0.333 e. The zero-order chi connectivity index (χ0) is 11.7. The van der Waals surface area contributed by atoms with Gasteiger partial charge in [-0.2, -0.15) is 4.98 Å². The van der Waals surface area contributed by atoms with Crippen LogP contribution in [0.3, 0.4) is 0 Å². The van der Waals surface area contributed by atoms with Crippen molar-refractivity contribution < 1.29 is 4.52 Å². The fourth-order valence-electron chi connectivity index (χ4n) is 1.39. The van der Waals surface area contributed by atoms with Crippen molar-refractivity contribution in [3.63, 3.8) is 0 Å². The second kappa shape index (κ2) is 4.06. The van der Waals surface area contributed by atoms with Gasteiger partial charge in [0.25, 0.3) is 5.89 Å². The molecule has 3 aromatic rings. The van der Waals surface area contributed by atoms with Crippen LogP contribution in [0, 0.1) is 6.92 Å². The number of thiophene rings is 1. The molecule has 0 aliphatic heterocycles. The lowest BCUT2D eigenvalue weighted by Gasteiger charge is -1.88. The fourth-order valence-corrected chi connectivity index (χ4v) is 2.18. The van der Waals surface area contributed by atoms with E-state index in [1.54, 1.807) is 29.9 Å². The third-order valence-corrected chi connectivity index (χ3v) is 3.16. The van der Waals surface area contributed by atoms with Crippen LogP contribution in [0.1, 0.15) is 4.88 Å². The summed E-state index contributed by atoms with van der Waals surface area (Å²) in [7, 11) is 0. The summed E-state index contributed by atoms with van der Waals surface area (Å²) in [5, 5.41) is 3.89. The quantitative estimate of drug-likeness (QED) is 0.693. The van der Waals surface area contributed by atoms with E-state index in [1.807, 2.05) is 19.1 Å². The minimum Gasteiger partial charge on any atom is -0.333 e. The van der Waals surface area contributed by atoms with Crippen LogP contribution in [-0.2, 0) is 0 Å². The lowest BCUT2D eigenvalue weighted by atomic mass is 10.4.